The Morgan fingerprint density at radius 2 is 0.647 bits per heavy atom. The Kier molecular flexibility index (Phi) is 65.2. The van der Waals surface area contributed by atoms with Gasteiger partial charge in [-0.05, 0) is 128 Å². The molecule has 0 fully saturated rings. The van der Waals surface area contributed by atoms with E-state index in [9.17, 15) is 19.0 Å². The Balaban J connectivity index is 4.00. The smallest absolute Gasteiger partial charge is 0.462 e. The van der Waals surface area contributed by atoms with Gasteiger partial charge in [0.1, 0.15) is 6.61 Å². The van der Waals surface area contributed by atoms with Crippen LogP contribution in [0.25, 0.3) is 0 Å². The van der Waals surface area contributed by atoms with E-state index in [1.54, 1.807) is 0 Å². The second-order valence-corrected chi connectivity index (χ2v) is 23.4. The zero-order valence-corrected chi connectivity index (χ0v) is 54.9. The van der Waals surface area contributed by atoms with Crippen LogP contribution in [0.5, 0.6) is 0 Å². The zero-order valence-electron chi connectivity index (χ0n) is 54.0. The van der Waals surface area contributed by atoms with Gasteiger partial charge in [0.25, 0.3) is 0 Å². The minimum absolute atomic E-state index is 0.0439. The highest BCUT2D eigenvalue weighted by Gasteiger charge is 2.26. The van der Waals surface area contributed by atoms with Crippen molar-refractivity contribution >= 4 is 19.8 Å². The van der Waals surface area contributed by atoms with Crippen LogP contribution >= 0.6 is 7.82 Å². The van der Waals surface area contributed by atoms with Crippen molar-refractivity contribution in [3.05, 3.63) is 158 Å². The molecule has 0 amide bonds. The molecule has 0 aliphatic heterocycles. The Labute approximate surface area is 521 Å². The molecule has 0 rings (SSSR count). The number of allylic oxidation sites excluding steroid dienone is 26. The van der Waals surface area contributed by atoms with E-state index >= 15 is 0 Å². The molecule has 0 aromatic heterocycles. The van der Waals surface area contributed by atoms with Gasteiger partial charge in [0.05, 0.1) is 13.2 Å². The van der Waals surface area contributed by atoms with Crippen molar-refractivity contribution in [2.75, 3.05) is 26.4 Å². The lowest BCUT2D eigenvalue weighted by Crippen LogP contribution is -2.29. The van der Waals surface area contributed by atoms with Gasteiger partial charge < -0.3 is 20.1 Å². The first-order valence-electron chi connectivity index (χ1n) is 34.0. The van der Waals surface area contributed by atoms with Crippen molar-refractivity contribution < 1.29 is 37.6 Å². The lowest BCUT2D eigenvalue weighted by molar-refractivity contribution is -0.161. The topological polar surface area (TPSA) is 134 Å². The third-order valence-corrected chi connectivity index (χ3v) is 14.9. The number of hydrogen-bond donors (Lipinski definition) is 2. The number of unbranched alkanes of at least 4 members (excludes halogenated alkanes) is 23. The fraction of sp³-hybridized carbons (Fsp3) is 0.627. The molecule has 0 bridgehead atoms. The lowest BCUT2D eigenvalue weighted by Gasteiger charge is -2.19. The van der Waals surface area contributed by atoms with Crippen LogP contribution < -0.4 is 5.73 Å². The molecular weight excluding hydrogens is 1070 g/mol. The molecule has 482 valence electrons. The van der Waals surface area contributed by atoms with Gasteiger partial charge in [-0.1, -0.05) is 287 Å². The van der Waals surface area contributed by atoms with Gasteiger partial charge in [-0.3, -0.25) is 18.6 Å². The number of carbonyl (C=O) groups excluding carboxylic acids is 2. The first-order chi connectivity index (χ1) is 41.8. The van der Waals surface area contributed by atoms with E-state index in [1.807, 2.05) is 0 Å². The van der Waals surface area contributed by atoms with Gasteiger partial charge in [0.15, 0.2) is 6.10 Å². The number of hydrogen-bond acceptors (Lipinski definition) is 8. The summed E-state index contributed by atoms with van der Waals surface area (Å²) >= 11 is 0. The van der Waals surface area contributed by atoms with E-state index < -0.39 is 26.5 Å². The van der Waals surface area contributed by atoms with Crippen molar-refractivity contribution in [2.24, 2.45) is 5.73 Å². The average molecular weight is 1200 g/mol. The van der Waals surface area contributed by atoms with E-state index in [4.69, 9.17) is 24.3 Å². The van der Waals surface area contributed by atoms with Crippen LogP contribution in [-0.4, -0.2) is 49.3 Å². The number of ether oxygens (including phenoxy) is 2. The Morgan fingerprint density at radius 1 is 0.365 bits per heavy atom. The van der Waals surface area contributed by atoms with E-state index in [1.165, 1.54) is 109 Å². The van der Waals surface area contributed by atoms with E-state index in [2.05, 4.69) is 172 Å². The molecule has 0 heterocycles. The van der Waals surface area contributed by atoms with Gasteiger partial charge >= 0.3 is 19.8 Å². The third kappa shape index (κ3) is 68.6. The normalized spacial score (nSPS) is 14.0. The van der Waals surface area contributed by atoms with Crippen LogP contribution in [0.4, 0.5) is 0 Å². The van der Waals surface area contributed by atoms with Gasteiger partial charge in [-0.25, -0.2) is 4.57 Å². The molecule has 10 heteroatoms. The molecule has 0 aliphatic rings. The predicted octanol–water partition coefficient (Wildman–Crippen LogP) is 22.4. The molecule has 0 aromatic rings. The minimum atomic E-state index is -4.41. The van der Waals surface area contributed by atoms with E-state index in [0.29, 0.717) is 6.42 Å². The molecule has 0 aliphatic carbocycles. The summed E-state index contributed by atoms with van der Waals surface area (Å²) in [6.07, 6.45) is 100. The number of phosphoric acid groups is 1. The Hall–Kier alpha value is -4.37. The molecule has 85 heavy (non-hydrogen) atoms. The van der Waals surface area contributed by atoms with Crippen molar-refractivity contribution in [3.63, 3.8) is 0 Å². The maximum absolute atomic E-state index is 12.8. The zero-order chi connectivity index (χ0) is 61.6. The van der Waals surface area contributed by atoms with Crippen molar-refractivity contribution in [2.45, 2.75) is 277 Å². The maximum atomic E-state index is 12.8. The number of phosphoric ester groups is 1. The summed E-state index contributed by atoms with van der Waals surface area (Å²) in [5, 5.41) is 0. The molecule has 0 saturated carbocycles. The fourth-order valence-electron chi connectivity index (χ4n) is 8.91. The van der Waals surface area contributed by atoms with Crippen LogP contribution in [0.1, 0.15) is 271 Å². The summed E-state index contributed by atoms with van der Waals surface area (Å²) < 4.78 is 33.1. The van der Waals surface area contributed by atoms with Crippen molar-refractivity contribution in [1.82, 2.24) is 0 Å². The van der Waals surface area contributed by atoms with Crippen LogP contribution in [0.3, 0.4) is 0 Å². The second-order valence-electron chi connectivity index (χ2n) is 22.0. The van der Waals surface area contributed by atoms with E-state index in [0.717, 1.165) is 128 Å². The SMILES string of the molecule is CC/C=C\C/C=C\C/C=C\C/C=C\C/C=C\C/C=C\C/C=C\C/C=C\C/C=C\C/C=C\C/C=C\CCCCCCCCCC(=O)OC(COC(=O)CCCCCCCCCCCCC/C=C\C/C=C\CCCCCCC)COP(=O)(O)OCCN. The van der Waals surface area contributed by atoms with Gasteiger partial charge in [0.2, 0.25) is 0 Å². The molecule has 0 saturated heterocycles. The number of rotatable bonds is 62. The van der Waals surface area contributed by atoms with Crippen LogP contribution in [0.2, 0.25) is 0 Å². The first kappa shape index (κ1) is 80.6. The van der Waals surface area contributed by atoms with Gasteiger partial charge in [0, 0.05) is 19.4 Å². The van der Waals surface area contributed by atoms with Crippen LogP contribution in [0.15, 0.2) is 158 Å². The molecular formula is C75H124NO8P. The van der Waals surface area contributed by atoms with Crippen LogP contribution in [-0.2, 0) is 32.7 Å². The summed E-state index contributed by atoms with van der Waals surface area (Å²) in [4.78, 5) is 35.3. The Bertz CT molecular complexity index is 1950. The highest BCUT2D eigenvalue weighted by atomic mass is 31.2. The highest BCUT2D eigenvalue weighted by Crippen LogP contribution is 2.43. The molecule has 9 nitrogen and oxygen atoms in total. The predicted molar refractivity (Wildman–Crippen MR) is 366 cm³/mol. The molecule has 0 aromatic carbocycles. The monoisotopic (exact) mass is 1200 g/mol. The standard InChI is InChI=1S/C75H124NO8P/c1-3-5-7-9-11-13-15-17-19-21-23-25-27-28-29-30-31-32-33-34-35-36-37-38-39-40-41-42-43-44-46-48-50-52-54-56-58-60-62-64-66-68-75(78)84-73(72-83-85(79,80)82-70-69-76)71-81-74(77)67-65-63-61-59-57-55-53-51-49-47-45-26-24-22-20-18-16-14-12-10-8-6-4-2/h5,7,11,13,16-19,22-25,28-29,31-32,34-35,37-38,40-41,43-44,48,50,73H,3-4,6,8-10,12,14-15,20-21,26-27,30,33,36,39,42,45-47,49,51-72,76H2,1-2H3,(H,79,80)/b7-5-,13-11-,18-16-,19-17-,24-22-,25-23-,29-28-,32-31-,35-34-,38-37-,41-40-,44-43-,50-48-. The van der Waals surface area contributed by atoms with Gasteiger partial charge in [-0.2, -0.15) is 0 Å². The molecule has 3 N–H and O–H groups in total. The summed E-state index contributed by atoms with van der Waals surface area (Å²) in [6.45, 7) is 3.60. The Morgan fingerprint density at radius 3 is 0.965 bits per heavy atom. The third-order valence-electron chi connectivity index (χ3n) is 13.9. The second kappa shape index (κ2) is 68.7. The maximum Gasteiger partial charge on any atom is 0.472 e. The minimum Gasteiger partial charge on any atom is -0.462 e. The van der Waals surface area contributed by atoms with Gasteiger partial charge in [-0.15, -0.1) is 0 Å². The van der Waals surface area contributed by atoms with Crippen molar-refractivity contribution in [1.29, 1.82) is 0 Å². The van der Waals surface area contributed by atoms with E-state index in [-0.39, 0.29) is 38.6 Å². The quantitative estimate of drug-likeness (QED) is 0.0264. The summed E-state index contributed by atoms with van der Waals surface area (Å²) in [6, 6.07) is 0. The molecule has 0 radical (unpaired) electrons. The summed E-state index contributed by atoms with van der Waals surface area (Å²) in [7, 11) is -4.41. The largest absolute Gasteiger partial charge is 0.472 e. The summed E-state index contributed by atoms with van der Waals surface area (Å²) in [5.74, 6) is -0.848. The fourth-order valence-corrected chi connectivity index (χ4v) is 9.67. The lowest BCUT2D eigenvalue weighted by atomic mass is 10.0. The average Bonchev–Trinajstić information content (AvgIpc) is 3.52. The number of carbonyl (C=O) groups is 2. The van der Waals surface area contributed by atoms with Crippen LogP contribution in [0, 0.1) is 0 Å². The first-order valence-corrected chi connectivity index (χ1v) is 35.5. The molecule has 0 spiro atoms. The molecule has 2 unspecified atom stereocenters. The molecule has 2 atom stereocenters. The highest BCUT2D eigenvalue weighted by molar-refractivity contribution is 7.47. The van der Waals surface area contributed by atoms with Crippen molar-refractivity contribution in [3.8, 4) is 0 Å². The number of nitrogens with two attached hydrogens (primary N) is 1. The summed E-state index contributed by atoms with van der Waals surface area (Å²) in [5.41, 5.74) is 5.39. The number of esters is 2.